The highest BCUT2D eigenvalue weighted by Gasteiger charge is 2.16. The largest absolute Gasteiger partial charge is 0.385 e. The minimum absolute atomic E-state index is 0. The Hall–Kier alpha value is -0.420. The van der Waals surface area contributed by atoms with Crippen molar-refractivity contribution in [1.29, 1.82) is 0 Å². The Kier molecular flexibility index (Phi) is 14.5. The van der Waals surface area contributed by atoms with Crippen molar-refractivity contribution < 1.29 is 4.79 Å². The van der Waals surface area contributed by atoms with E-state index in [1.165, 1.54) is 63.3 Å². The molecule has 0 atom stereocenters. The van der Waals surface area contributed by atoms with E-state index in [0.717, 1.165) is 30.9 Å². The molecule has 25 heavy (non-hydrogen) atoms. The average Bonchev–Trinajstić information content (AvgIpc) is 3.45. The predicted octanol–water partition coefficient (Wildman–Crippen LogP) is 6.19. The second-order valence-electron chi connectivity index (χ2n) is 6.29. The maximum atomic E-state index is 12.2. The molecular formula is C19H32Cl2N2OS. The van der Waals surface area contributed by atoms with Crippen LogP contribution in [-0.4, -0.2) is 29.1 Å². The van der Waals surface area contributed by atoms with Crippen molar-refractivity contribution in [3.8, 4) is 0 Å². The summed E-state index contributed by atoms with van der Waals surface area (Å²) in [5.41, 5.74) is 1.89. The third kappa shape index (κ3) is 11.0. The molecule has 2 fully saturated rings. The smallest absolute Gasteiger partial charge is 0.234 e. The molecule has 0 radical (unpaired) electrons. The second kappa shape index (κ2) is 14.7. The molecular weight excluding hydrogens is 375 g/mol. The van der Waals surface area contributed by atoms with E-state index in [-0.39, 0.29) is 29.9 Å². The van der Waals surface area contributed by atoms with Crippen LogP contribution in [0.25, 0.3) is 0 Å². The molecule has 0 unspecified atom stereocenters. The van der Waals surface area contributed by atoms with Crippen molar-refractivity contribution >= 4 is 47.6 Å². The molecule has 0 spiro atoms. The van der Waals surface area contributed by atoms with Crippen LogP contribution in [0.5, 0.6) is 0 Å². The third-order valence-electron chi connectivity index (χ3n) is 3.86. The lowest BCUT2D eigenvalue weighted by atomic mass is 10.2. The monoisotopic (exact) mass is 406 g/mol. The standard InChI is InChI=1S/C16H24N2OS.C3H6.2ClH/c1-2-3-11-17-15-9-7-14(8-10-15)16(19)20-18-12-5-4-6-13-18;1-2-3-1;;/h7-10,17H,2-6,11-13H2,1H3;1-3H2;2*1H. The number of carbonyl (C=O) groups excluding carboxylic acids is 1. The quantitative estimate of drug-likeness (QED) is 0.450. The fourth-order valence-corrected chi connectivity index (χ4v) is 3.18. The van der Waals surface area contributed by atoms with Gasteiger partial charge in [-0.1, -0.05) is 39.0 Å². The first-order valence-corrected chi connectivity index (χ1v) is 9.88. The lowest BCUT2D eigenvalue weighted by Gasteiger charge is -2.24. The zero-order valence-electron chi connectivity index (χ0n) is 15.2. The lowest BCUT2D eigenvalue weighted by molar-refractivity contribution is 0.108. The maximum Gasteiger partial charge on any atom is 0.234 e. The first-order valence-electron chi connectivity index (χ1n) is 9.11. The van der Waals surface area contributed by atoms with Crippen molar-refractivity contribution in [2.24, 2.45) is 0 Å². The van der Waals surface area contributed by atoms with E-state index < -0.39 is 0 Å². The van der Waals surface area contributed by atoms with Crippen molar-refractivity contribution in [3.05, 3.63) is 29.8 Å². The number of benzene rings is 1. The Morgan fingerprint density at radius 1 is 1.00 bits per heavy atom. The van der Waals surface area contributed by atoms with Crippen LogP contribution >= 0.6 is 36.8 Å². The molecule has 1 aromatic carbocycles. The third-order valence-corrected chi connectivity index (χ3v) is 4.89. The molecule has 1 aliphatic heterocycles. The van der Waals surface area contributed by atoms with E-state index in [0.29, 0.717) is 0 Å². The van der Waals surface area contributed by atoms with Crippen LogP contribution in [0.3, 0.4) is 0 Å². The van der Waals surface area contributed by atoms with E-state index in [1.807, 2.05) is 24.3 Å². The maximum absolute atomic E-state index is 12.2. The molecule has 1 aliphatic carbocycles. The number of halogens is 2. The van der Waals surface area contributed by atoms with Crippen LogP contribution < -0.4 is 5.32 Å². The number of anilines is 1. The van der Waals surface area contributed by atoms with Crippen LogP contribution in [0, 0.1) is 0 Å². The summed E-state index contributed by atoms with van der Waals surface area (Å²) in [7, 11) is 0. The second-order valence-corrected chi connectivity index (χ2v) is 7.36. The zero-order valence-corrected chi connectivity index (χ0v) is 17.6. The SMILES string of the molecule is C1CC1.CCCCNc1ccc(C(=O)SN2CCCCC2)cc1.Cl.Cl. The van der Waals surface area contributed by atoms with Crippen LogP contribution in [0.4, 0.5) is 5.69 Å². The molecule has 0 bridgehead atoms. The number of piperidine rings is 1. The summed E-state index contributed by atoms with van der Waals surface area (Å²) in [6, 6.07) is 7.85. The van der Waals surface area contributed by atoms with Crippen LogP contribution in [0.15, 0.2) is 24.3 Å². The number of hydrogen-bond acceptors (Lipinski definition) is 4. The van der Waals surface area contributed by atoms with Gasteiger partial charge in [0.15, 0.2) is 0 Å². The van der Waals surface area contributed by atoms with E-state index in [9.17, 15) is 4.79 Å². The predicted molar refractivity (Wildman–Crippen MR) is 116 cm³/mol. The average molecular weight is 407 g/mol. The summed E-state index contributed by atoms with van der Waals surface area (Å²) in [4.78, 5) is 12.2. The summed E-state index contributed by atoms with van der Waals surface area (Å²) < 4.78 is 2.19. The topological polar surface area (TPSA) is 32.3 Å². The first-order chi connectivity index (χ1) is 11.3. The van der Waals surface area contributed by atoms with Crippen molar-refractivity contribution in [3.63, 3.8) is 0 Å². The summed E-state index contributed by atoms with van der Waals surface area (Å²) in [6.07, 6.45) is 10.6. The summed E-state index contributed by atoms with van der Waals surface area (Å²) >= 11 is 1.37. The van der Waals surface area contributed by atoms with Gasteiger partial charge in [0, 0.05) is 42.8 Å². The molecule has 0 amide bonds. The molecule has 6 heteroatoms. The molecule has 1 N–H and O–H groups in total. The van der Waals surface area contributed by atoms with Crippen molar-refractivity contribution in [1.82, 2.24) is 4.31 Å². The van der Waals surface area contributed by atoms with Gasteiger partial charge in [-0.25, -0.2) is 4.31 Å². The van der Waals surface area contributed by atoms with E-state index in [2.05, 4.69) is 16.5 Å². The van der Waals surface area contributed by atoms with E-state index >= 15 is 0 Å². The summed E-state index contributed by atoms with van der Waals surface area (Å²) in [5.74, 6) is 0. The summed E-state index contributed by atoms with van der Waals surface area (Å²) in [5, 5.41) is 3.52. The number of nitrogens with zero attached hydrogens (tertiary/aromatic N) is 1. The van der Waals surface area contributed by atoms with Gasteiger partial charge in [-0.2, -0.15) is 0 Å². The van der Waals surface area contributed by atoms with Crippen LogP contribution in [0.1, 0.15) is 68.6 Å². The van der Waals surface area contributed by atoms with Crippen molar-refractivity contribution in [2.45, 2.75) is 58.3 Å². The highest BCUT2D eigenvalue weighted by molar-refractivity contribution is 8.12. The molecule has 1 heterocycles. The molecule has 1 saturated heterocycles. The number of rotatable bonds is 6. The van der Waals surface area contributed by atoms with Crippen LogP contribution in [0.2, 0.25) is 0 Å². The minimum Gasteiger partial charge on any atom is -0.385 e. The highest BCUT2D eigenvalue weighted by atomic mass is 35.5. The highest BCUT2D eigenvalue weighted by Crippen LogP contribution is 2.22. The Bertz CT molecular complexity index is 460. The molecule has 144 valence electrons. The fraction of sp³-hybridized carbons (Fsp3) is 0.632. The van der Waals surface area contributed by atoms with Gasteiger partial charge in [0.25, 0.3) is 0 Å². The fourth-order valence-electron chi connectivity index (χ4n) is 2.26. The van der Waals surface area contributed by atoms with E-state index in [1.54, 1.807) is 0 Å². The Morgan fingerprint density at radius 3 is 2.08 bits per heavy atom. The van der Waals surface area contributed by atoms with E-state index in [4.69, 9.17) is 0 Å². The number of hydrogen-bond donors (Lipinski definition) is 1. The van der Waals surface area contributed by atoms with Gasteiger partial charge in [0.05, 0.1) is 0 Å². The summed E-state index contributed by atoms with van der Waals surface area (Å²) in [6.45, 7) is 5.24. The van der Waals surface area contributed by atoms with Crippen molar-refractivity contribution in [2.75, 3.05) is 25.0 Å². The lowest BCUT2D eigenvalue weighted by Crippen LogP contribution is -2.24. The van der Waals surface area contributed by atoms with Gasteiger partial charge in [-0.05, 0) is 43.5 Å². The van der Waals surface area contributed by atoms with Gasteiger partial charge in [-0.15, -0.1) is 24.8 Å². The Morgan fingerprint density at radius 2 is 1.56 bits per heavy atom. The van der Waals surface area contributed by atoms with Gasteiger partial charge >= 0.3 is 0 Å². The molecule has 1 saturated carbocycles. The zero-order chi connectivity index (χ0) is 16.3. The van der Waals surface area contributed by atoms with Gasteiger partial charge < -0.3 is 5.32 Å². The Balaban J connectivity index is 0.00000104. The molecule has 1 aromatic rings. The van der Waals surface area contributed by atoms with Gasteiger partial charge in [0.2, 0.25) is 5.12 Å². The first kappa shape index (κ1) is 24.6. The molecule has 3 rings (SSSR count). The number of unbranched alkanes of at least 4 members (excludes halogenated alkanes) is 1. The molecule has 2 aliphatic rings. The van der Waals surface area contributed by atoms with Gasteiger partial charge in [-0.3, -0.25) is 4.79 Å². The minimum atomic E-state index is 0. The van der Waals surface area contributed by atoms with Crippen LogP contribution in [-0.2, 0) is 0 Å². The number of nitrogens with one attached hydrogen (secondary N) is 1. The molecule has 3 nitrogen and oxygen atoms in total. The normalized spacial score (nSPS) is 15.7. The number of carbonyl (C=O) groups is 1. The van der Waals surface area contributed by atoms with Gasteiger partial charge in [0.1, 0.15) is 0 Å². The Labute approximate surface area is 169 Å². The molecule has 0 aromatic heterocycles.